The van der Waals surface area contributed by atoms with Gasteiger partial charge in [0.05, 0.1) is 0 Å². The lowest BCUT2D eigenvalue weighted by atomic mass is 10.1. The lowest BCUT2D eigenvalue weighted by Gasteiger charge is -2.20. The summed E-state index contributed by atoms with van der Waals surface area (Å²) >= 11 is 0. The molecule has 0 saturated carbocycles. The van der Waals surface area contributed by atoms with Crippen LogP contribution in [0.2, 0.25) is 0 Å². The summed E-state index contributed by atoms with van der Waals surface area (Å²) in [5.41, 5.74) is 8.59. The van der Waals surface area contributed by atoms with Gasteiger partial charge in [-0.3, -0.25) is 4.90 Å². The molecule has 20 heavy (non-hydrogen) atoms. The summed E-state index contributed by atoms with van der Waals surface area (Å²) in [5.74, 6) is 0. The Hall–Kier alpha value is -2.33. The van der Waals surface area contributed by atoms with Gasteiger partial charge in [0.1, 0.15) is 0 Å². The van der Waals surface area contributed by atoms with Crippen LogP contribution in [0.5, 0.6) is 0 Å². The van der Waals surface area contributed by atoms with Crippen LogP contribution in [0, 0.1) is 0 Å². The standard InChI is InChI=1S/C16H18N2O2/c17-10-14-8-4-5-9-15(14)12-18(16(19)20)11-13-6-2-1-3-7-13/h1-9H,10-12,17H2,(H,19,20). The lowest BCUT2D eigenvalue weighted by molar-refractivity contribution is 0.139. The summed E-state index contributed by atoms with van der Waals surface area (Å²) in [4.78, 5) is 12.8. The quantitative estimate of drug-likeness (QED) is 0.878. The number of carboxylic acid groups (broad SMARTS) is 1. The zero-order valence-electron chi connectivity index (χ0n) is 11.2. The zero-order chi connectivity index (χ0) is 14.4. The first kappa shape index (κ1) is 14.1. The first-order chi connectivity index (χ1) is 9.70. The Labute approximate surface area is 118 Å². The van der Waals surface area contributed by atoms with Gasteiger partial charge < -0.3 is 10.8 Å². The van der Waals surface area contributed by atoms with E-state index in [0.29, 0.717) is 19.6 Å². The number of hydrogen-bond donors (Lipinski definition) is 2. The molecule has 0 spiro atoms. The first-order valence-electron chi connectivity index (χ1n) is 6.49. The maximum atomic E-state index is 11.4. The monoisotopic (exact) mass is 270 g/mol. The molecule has 0 atom stereocenters. The van der Waals surface area contributed by atoms with Gasteiger partial charge in [0.2, 0.25) is 0 Å². The Morgan fingerprint density at radius 2 is 1.55 bits per heavy atom. The fourth-order valence-electron chi connectivity index (χ4n) is 2.11. The number of amides is 1. The van der Waals surface area contributed by atoms with Crippen LogP contribution >= 0.6 is 0 Å². The van der Waals surface area contributed by atoms with E-state index < -0.39 is 6.09 Å². The van der Waals surface area contributed by atoms with Crippen molar-refractivity contribution < 1.29 is 9.90 Å². The van der Waals surface area contributed by atoms with Crippen molar-refractivity contribution in [1.29, 1.82) is 0 Å². The molecule has 0 unspecified atom stereocenters. The molecule has 0 aliphatic rings. The largest absolute Gasteiger partial charge is 0.465 e. The molecule has 3 N–H and O–H groups in total. The van der Waals surface area contributed by atoms with Gasteiger partial charge in [-0.15, -0.1) is 0 Å². The van der Waals surface area contributed by atoms with Crippen molar-refractivity contribution in [3.05, 3.63) is 71.3 Å². The molecule has 0 saturated heterocycles. The van der Waals surface area contributed by atoms with Crippen LogP contribution in [0.25, 0.3) is 0 Å². The molecule has 2 rings (SSSR count). The molecule has 4 heteroatoms. The van der Waals surface area contributed by atoms with E-state index in [1.54, 1.807) is 0 Å². The minimum atomic E-state index is -0.930. The second-order valence-corrected chi connectivity index (χ2v) is 4.60. The van der Waals surface area contributed by atoms with E-state index in [1.165, 1.54) is 4.90 Å². The van der Waals surface area contributed by atoms with Gasteiger partial charge in [0.15, 0.2) is 0 Å². The van der Waals surface area contributed by atoms with Crippen LogP contribution in [0.15, 0.2) is 54.6 Å². The minimum absolute atomic E-state index is 0.345. The predicted octanol–water partition coefficient (Wildman–Crippen LogP) is 2.83. The molecule has 0 aromatic heterocycles. The van der Waals surface area contributed by atoms with Gasteiger partial charge in [0, 0.05) is 19.6 Å². The SMILES string of the molecule is NCc1ccccc1CN(Cc1ccccc1)C(=O)O. The molecular formula is C16H18N2O2. The highest BCUT2D eigenvalue weighted by Crippen LogP contribution is 2.14. The molecule has 0 radical (unpaired) electrons. The Morgan fingerprint density at radius 3 is 2.15 bits per heavy atom. The first-order valence-corrected chi connectivity index (χ1v) is 6.49. The highest BCUT2D eigenvalue weighted by Gasteiger charge is 2.14. The second kappa shape index (κ2) is 6.73. The van der Waals surface area contributed by atoms with Crippen LogP contribution in [0.1, 0.15) is 16.7 Å². The van der Waals surface area contributed by atoms with Crippen molar-refractivity contribution in [1.82, 2.24) is 4.90 Å². The fourth-order valence-corrected chi connectivity index (χ4v) is 2.11. The molecule has 104 valence electrons. The van der Waals surface area contributed by atoms with E-state index in [1.807, 2.05) is 54.6 Å². The average Bonchev–Trinajstić information content (AvgIpc) is 2.48. The molecule has 2 aromatic rings. The van der Waals surface area contributed by atoms with E-state index in [4.69, 9.17) is 5.73 Å². The average molecular weight is 270 g/mol. The van der Waals surface area contributed by atoms with E-state index in [0.717, 1.165) is 16.7 Å². The van der Waals surface area contributed by atoms with Crippen molar-refractivity contribution in [3.8, 4) is 0 Å². The Kier molecular flexibility index (Phi) is 4.74. The van der Waals surface area contributed by atoms with Gasteiger partial charge in [-0.25, -0.2) is 4.79 Å². The van der Waals surface area contributed by atoms with Gasteiger partial charge in [-0.2, -0.15) is 0 Å². The normalized spacial score (nSPS) is 10.2. The third-order valence-electron chi connectivity index (χ3n) is 3.19. The molecule has 2 aromatic carbocycles. The highest BCUT2D eigenvalue weighted by atomic mass is 16.4. The summed E-state index contributed by atoms with van der Waals surface area (Å²) in [6, 6.07) is 17.2. The molecule has 1 amide bonds. The maximum absolute atomic E-state index is 11.4. The van der Waals surface area contributed by atoms with Crippen LogP contribution in [-0.2, 0) is 19.6 Å². The number of benzene rings is 2. The van der Waals surface area contributed by atoms with E-state index >= 15 is 0 Å². The van der Waals surface area contributed by atoms with Crippen molar-refractivity contribution in [3.63, 3.8) is 0 Å². The molecule has 0 heterocycles. The summed E-state index contributed by atoms with van der Waals surface area (Å²) < 4.78 is 0. The summed E-state index contributed by atoms with van der Waals surface area (Å²) in [5, 5.41) is 9.35. The third-order valence-corrected chi connectivity index (χ3v) is 3.19. The smallest absolute Gasteiger partial charge is 0.407 e. The molecule has 0 fully saturated rings. The third kappa shape index (κ3) is 3.59. The molecule has 4 nitrogen and oxygen atoms in total. The van der Waals surface area contributed by atoms with Crippen molar-refractivity contribution in [2.75, 3.05) is 0 Å². The van der Waals surface area contributed by atoms with Crippen LogP contribution < -0.4 is 5.73 Å². The van der Waals surface area contributed by atoms with Crippen molar-refractivity contribution >= 4 is 6.09 Å². The molecule has 0 bridgehead atoms. The Bertz CT molecular complexity index is 570. The van der Waals surface area contributed by atoms with Crippen LogP contribution in [0.4, 0.5) is 4.79 Å². The fraction of sp³-hybridized carbons (Fsp3) is 0.188. The Morgan fingerprint density at radius 1 is 0.950 bits per heavy atom. The summed E-state index contributed by atoms with van der Waals surface area (Å²) in [6.07, 6.45) is -0.930. The van der Waals surface area contributed by atoms with E-state index in [2.05, 4.69) is 0 Å². The lowest BCUT2D eigenvalue weighted by Crippen LogP contribution is -2.29. The highest BCUT2D eigenvalue weighted by molar-refractivity contribution is 5.65. The number of hydrogen-bond acceptors (Lipinski definition) is 2. The van der Waals surface area contributed by atoms with E-state index in [9.17, 15) is 9.90 Å². The van der Waals surface area contributed by atoms with Gasteiger partial charge in [0.25, 0.3) is 0 Å². The number of rotatable bonds is 5. The predicted molar refractivity (Wildman–Crippen MR) is 78.0 cm³/mol. The maximum Gasteiger partial charge on any atom is 0.407 e. The number of nitrogens with zero attached hydrogens (tertiary/aromatic N) is 1. The van der Waals surface area contributed by atoms with Crippen LogP contribution in [-0.4, -0.2) is 16.1 Å². The summed E-state index contributed by atoms with van der Waals surface area (Å²) in [6.45, 7) is 1.13. The van der Waals surface area contributed by atoms with Crippen LogP contribution in [0.3, 0.4) is 0 Å². The Balaban J connectivity index is 2.16. The molecule has 0 aliphatic heterocycles. The number of nitrogens with two attached hydrogens (primary N) is 1. The molecular weight excluding hydrogens is 252 g/mol. The minimum Gasteiger partial charge on any atom is -0.465 e. The molecule has 0 aliphatic carbocycles. The van der Waals surface area contributed by atoms with Gasteiger partial charge >= 0.3 is 6.09 Å². The van der Waals surface area contributed by atoms with Crippen molar-refractivity contribution in [2.45, 2.75) is 19.6 Å². The van der Waals surface area contributed by atoms with Gasteiger partial charge in [-0.05, 0) is 16.7 Å². The van der Waals surface area contributed by atoms with Gasteiger partial charge in [-0.1, -0.05) is 54.6 Å². The topological polar surface area (TPSA) is 66.6 Å². The summed E-state index contributed by atoms with van der Waals surface area (Å²) in [7, 11) is 0. The second-order valence-electron chi connectivity index (χ2n) is 4.60. The zero-order valence-corrected chi connectivity index (χ0v) is 11.2. The van der Waals surface area contributed by atoms with Crippen molar-refractivity contribution in [2.24, 2.45) is 5.73 Å². The number of carbonyl (C=O) groups is 1. The van der Waals surface area contributed by atoms with E-state index in [-0.39, 0.29) is 0 Å².